The minimum Gasteiger partial charge on any atom is -0.495 e. The molecule has 0 aliphatic heterocycles. The summed E-state index contributed by atoms with van der Waals surface area (Å²) in [7, 11) is 1.54. The van der Waals surface area contributed by atoms with E-state index < -0.39 is 0 Å². The number of halogens is 1. The molecular weight excluding hydrogens is 336 g/mol. The van der Waals surface area contributed by atoms with Crippen LogP contribution >= 0.6 is 11.6 Å². The highest BCUT2D eigenvalue weighted by molar-refractivity contribution is 6.30. The lowest BCUT2D eigenvalue weighted by Gasteiger charge is -2.08. The van der Waals surface area contributed by atoms with Crippen molar-refractivity contribution in [2.75, 3.05) is 7.11 Å². The number of benzene rings is 2. The van der Waals surface area contributed by atoms with Crippen LogP contribution in [0, 0.1) is 18.3 Å². The molecule has 0 bridgehead atoms. The molecule has 0 aliphatic carbocycles. The monoisotopic (exact) mass is 352 g/mol. The van der Waals surface area contributed by atoms with E-state index in [9.17, 15) is 10.1 Å². The Kier molecular flexibility index (Phi) is 4.52. The van der Waals surface area contributed by atoms with Crippen LogP contribution in [0.3, 0.4) is 0 Å². The van der Waals surface area contributed by atoms with Gasteiger partial charge in [0.2, 0.25) is 0 Å². The topological polar surface area (TPSA) is 55.0 Å². The first-order valence-corrected chi connectivity index (χ1v) is 8.31. The standard InChI is InChI=1S/C20H17ClN2O2/c1-4-16-12(2)23(20(24)13-5-7-15(21)8-6-13)18-9-14(11-22)19(25-3)10-17(16)18/h5-10H,4H2,1-3H3. The number of carbonyl (C=O) groups excluding carboxylic acids is 1. The average Bonchev–Trinajstić information content (AvgIpc) is 2.90. The molecule has 0 amide bonds. The fraction of sp³-hybridized carbons (Fsp3) is 0.200. The summed E-state index contributed by atoms with van der Waals surface area (Å²) in [6.07, 6.45) is 0.776. The van der Waals surface area contributed by atoms with Gasteiger partial charge in [-0.25, -0.2) is 0 Å². The fourth-order valence-corrected chi connectivity index (χ4v) is 3.32. The van der Waals surface area contributed by atoms with E-state index >= 15 is 0 Å². The number of fused-ring (bicyclic) bond motifs is 1. The Morgan fingerprint density at radius 2 is 1.96 bits per heavy atom. The highest BCUT2D eigenvalue weighted by Crippen LogP contribution is 2.33. The Morgan fingerprint density at radius 3 is 2.52 bits per heavy atom. The Morgan fingerprint density at radius 1 is 1.28 bits per heavy atom. The molecule has 0 atom stereocenters. The SMILES string of the molecule is CCc1c(C)n(C(=O)c2ccc(Cl)cc2)c2cc(C#N)c(OC)cc12. The zero-order valence-corrected chi connectivity index (χ0v) is 15.0. The zero-order chi connectivity index (χ0) is 18.1. The smallest absolute Gasteiger partial charge is 0.262 e. The summed E-state index contributed by atoms with van der Waals surface area (Å²) in [6, 6.07) is 12.5. The molecule has 0 saturated carbocycles. The third-order valence-corrected chi connectivity index (χ3v) is 4.68. The summed E-state index contributed by atoms with van der Waals surface area (Å²) in [5.74, 6) is 0.369. The molecule has 3 rings (SSSR count). The number of hydrogen-bond acceptors (Lipinski definition) is 3. The van der Waals surface area contributed by atoms with E-state index in [1.807, 2.05) is 19.9 Å². The van der Waals surface area contributed by atoms with Crippen LogP contribution in [0.5, 0.6) is 5.75 Å². The van der Waals surface area contributed by atoms with Gasteiger partial charge in [-0.3, -0.25) is 9.36 Å². The van der Waals surface area contributed by atoms with Gasteiger partial charge in [-0.2, -0.15) is 5.26 Å². The van der Waals surface area contributed by atoms with Crippen molar-refractivity contribution < 1.29 is 9.53 Å². The lowest BCUT2D eigenvalue weighted by atomic mass is 10.1. The molecule has 126 valence electrons. The van der Waals surface area contributed by atoms with Crippen LogP contribution in [0.4, 0.5) is 0 Å². The Balaban J connectivity index is 2.31. The largest absolute Gasteiger partial charge is 0.495 e. The number of aryl methyl sites for hydroxylation is 1. The van der Waals surface area contributed by atoms with Gasteiger partial charge in [-0.05, 0) is 55.3 Å². The summed E-state index contributed by atoms with van der Waals surface area (Å²) in [5.41, 5.74) is 3.60. The van der Waals surface area contributed by atoms with Crippen LogP contribution in [0.2, 0.25) is 5.02 Å². The number of ether oxygens (including phenoxy) is 1. The number of nitriles is 1. The van der Waals surface area contributed by atoms with Crippen molar-refractivity contribution in [1.29, 1.82) is 5.26 Å². The normalized spacial score (nSPS) is 10.7. The second-order valence-electron chi connectivity index (χ2n) is 5.75. The molecule has 4 nitrogen and oxygen atoms in total. The molecule has 0 radical (unpaired) electrons. The molecule has 5 heteroatoms. The maximum absolute atomic E-state index is 13.1. The summed E-state index contributed by atoms with van der Waals surface area (Å²) >= 11 is 5.92. The molecule has 0 N–H and O–H groups in total. The van der Waals surface area contributed by atoms with Crippen LogP contribution < -0.4 is 4.74 Å². The fourth-order valence-electron chi connectivity index (χ4n) is 3.19. The minimum absolute atomic E-state index is 0.145. The second kappa shape index (κ2) is 6.62. The average molecular weight is 353 g/mol. The molecule has 0 saturated heterocycles. The van der Waals surface area contributed by atoms with Crippen molar-refractivity contribution in [2.45, 2.75) is 20.3 Å². The molecule has 25 heavy (non-hydrogen) atoms. The van der Waals surface area contributed by atoms with Gasteiger partial charge in [0.1, 0.15) is 11.8 Å². The van der Waals surface area contributed by atoms with Crippen LogP contribution in [-0.4, -0.2) is 17.6 Å². The van der Waals surface area contributed by atoms with Crippen LogP contribution in [0.25, 0.3) is 10.9 Å². The lowest BCUT2D eigenvalue weighted by molar-refractivity contribution is 0.0963. The molecule has 2 aromatic carbocycles. The molecule has 0 aliphatic rings. The van der Waals surface area contributed by atoms with Crippen LogP contribution in [0.15, 0.2) is 36.4 Å². The summed E-state index contributed by atoms with van der Waals surface area (Å²) < 4.78 is 6.98. The maximum Gasteiger partial charge on any atom is 0.262 e. The van der Waals surface area contributed by atoms with Crippen molar-refractivity contribution in [1.82, 2.24) is 4.57 Å². The van der Waals surface area contributed by atoms with Crippen molar-refractivity contribution >= 4 is 28.4 Å². The quantitative estimate of drug-likeness (QED) is 0.684. The second-order valence-corrected chi connectivity index (χ2v) is 6.18. The first-order chi connectivity index (χ1) is 12.0. The van der Waals surface area contributed by atoms with E-state index in [0.717, 1.165) is 23.1 Å². The van der Waals surface area contributed by atoms with E-state index in [1.165, 1.54) is 7.11 Å². The Hall–Kier alpha value is -2.77. The summed E-state index contributed by atoms with van der Waals surface area (Å²) in [4.78, 5) is 13.1. The number of aromatic nitrogens is 1. The van der Waals surface area contributed by atoms with Gasteiger partial charge >= 0.3 is 0 Å². The lowest BCUT2D eigenvalue weighted by Crippen LogP contribution is -2.13. The van der Waals surface area contributed by atoms with Crippen molar-refractivity contribution in [3.63, 3.8) is 0 Å². The van der Waals surface area contributed by atoms with E-state index in [-0.39, 0.29) is 5.91 Å². The van der Waals surface area contributed by atoms with Gasteiger partial charge in [0.25, 0.3) is 5.91 Å². The third-order valence-electron chi connectivity index (χ3n) is 4.42. The van der Waals surface area contributed by atoms with E-state index in [0.29, 0.717) is 27.4 Å². The van der Waals surface area contributed by atoms with Gasteiger partial charge in [0, 0.05) is 21.7 Å². The van der Waals surface area contributed by atoms with E-state index in [4.69, 9.17) is 16.3 Å². The van der Waals surface area contributed by atoms with Crippen molar-refractivity contribution in [3.8, 4) is 11.8 Å². The molecule has 0 spiro atoms. The number of hydrogen-bond donors (Lipinski definition) is 0. The number of nitrogens with zero attached hydrogens (tertiary/aromatic N) is 2. The number of carbonyl (C=O) groups is 1. The maximum atomic E-state index is 13.1. The predicted octanol–water partition coefficient (Wildman–Crippen LogP) is 4.73. The van der Waals surface area contributed by atoms with Gasteiger partial charge in [0.15, 0.2) is 0 Å². The van der Waals surface area contributed by atoms with Gasteiger partial charge in [-0.1, -0.05) is 18.5 Å². The van der Waals surface area contributed by atoms with E-state index in [1.54, 1.807) is 34.9 Å². The van der Waals surface area contributed by atoms with Gasteiger partial charge in [-0.15, -0.1) is 0 Å². The number of methoxy groups -OCH3 is 1. The molecular formula is C20H17ClN2O2. The highest BCUT2D eigenvalue weighted by Gasteiger charge is 2.21. The molecule has 0 fully saturated rings. The Bertz CT molecular complexity index is 1010. The van der Waals surface area contributed by atoms with Crippen molar-refractivity contribution in [3.05, 3.63) is 63.8 Å². The first kappa shape index (κ1) is 17.1. The van der Waals surface area contributed by atoms with Crippen LogP contribution in [-0.2, 0) is 6.42 Å². The Labute approximate surface area is 151 Å². The van der Waals surface area contributed by atoms with Gasteiger partial charge < -0.3 is 4.74 Å². The molecule has 0 unspecified atom stereocenters. The minimum atomic E-state index is -0.145. The summed E-state index contributed by atoms with van der Waals surface area (Å²) in [5, 5.41) is 10.9. The molecule has 1 aromatic heterocycles. The van der Waals surface area contributed by atoms with Gasteiger partial charge in [0.05, 0.1) is 18.2 Å². The number of rotatable bonds is 3. The summed E-state index contributed by atoms with van der Waals surface area (Å²) in [6.45, 7) is 3.97. The zero-order valence-electron chi connectivity index (χ0n) is 14.3. The first-order valence-electron chi connectivity index (χ1n) is 7.94. The highest BCUT2D eigenvalue weighted by atomic mass is 35.5. The molecule has 1 heterocycles. The van der Waals surface area contributed by atoms with Crippen molar-refractivity contribution in [2.24, 2.45) is 0 Å². The van der Waals surface area contributed by atoms with Crippen LogP contribution in [0.1, 0.15) is 34.1 Å². The third kappa shape index (κ3) is 2.77. The predicted molar refractivity (Wildman–Crippen MR) is 98.5 cm³/mol. The molecule has 3 aromatic rings. The van der Waals surface area contributed by atoms with E-state index in [2.05, 4.69) is 6.07 Å².